The zero-order valence-corrected chi connectivity index (χ0v) is 11.7. The smallest absolute Gasteiger partial charge is 0.0479 e. The van der Waals surface area contributed by atoms with Crippen molar-refractivity contribution in [2.45, 2.75) is 19.9 Å². The molecule has 2 N–H and O–H groups in total. The van der Waals surface area contributed by atoms with Gasteiger partial charge in [-0.15, -0.1) is 0 Å². The summed E-state index contributed by atoms with van der Waals surface area (Å²) in [5.41, 5.74) is 1.22. The van der Waals surface area contributed by atoms with Crippen molar-refractivity contribution < 1.29 is 5.11 Å². The van der Waals surface area contributed by atoms with Crippen LogP contribution < -0.4 is 5.32 Å². The highest BCUT2D eigenvalue weighted by atomic mass is 79.9. The number of aliphatic hydroxyl groups is 1. The Morgan fingerprint density at radius 1 is 1.25 bits per heavy atom. The van der Waals surface area contributed by atoms with Gasteiger partial charge < -0.3 is 10.4 Å². The average Bonchev–Trinajstić information content (AvgIpc) is 2.26. The van der Waals surface area contributed by atoms with Crippen molar-refractivity contribution in [1.82, 2.24) is 5.32 Å². The minimum absolute atomic E-state index is 0.207. The molecule has 0 bridgehead atoms. The largest absolute Gasteiger partial charge is 0.396 e. The molecule has 1 aromatic carbocycles. The molecule has 2 nitrogen and oxygen atoms in total. The second kappa shape index (κ2) is 6.38. The standard InChI is InChI=1S/C13H20BrNO/c1-9(2)12(8-16)13(15-3)10-4-6-11(14)7-5-10/h4-7,9,12-13,15-16H,8H2,1-3H3. The molecule has 0 radical (unpaired) electrons. The van der Waals surface area contributed by atoms with Crippen LogP contribution in [0.5, 0.6) is 0 Å². The number of nitrogens with one attached hydrogen (secondary N) is 1. The first kappa shape index (κ1) is 13.7. The first-order valence-corrected chi connectivity index (χ1v) is 6.43. The maximum absolute atomic E-state index is 9.46. The second-order valence-corrected chi connectivity index (χ2v) is 5.32. The molecule has 1 rings (SSSR count). The summed E-state index contributed by atoms with van der Waals surface area (Å²) in [4.78, 5) is 0. The summed E-state index contributed by atoms with van der Waals surface area (Å²) in [6, 6.07) is 8.47. The third-order valence-electron chi connectivity index (χ3n) is 3.04. The summed E-state index contributed by atoms with van der Waals surface area (Å²) in [5.74, 6) is 0.692. The summed E-state index contributed by atoms with van der Waals surface area (Å²) in [5, 5.41) is 12.8. The highest BCUT2D eigenvalue weighted by Gasteiger charge is 2.23. The Morgan fingerprint density at radius 3 is 2.19 bits per heavy atom. The number of hydrogen-bond acceptors (Lipinski definition) is 2. The molecule has 0 aromatic heterocycles. The fourth-order valence-corrected chi connectivity index (χ4v) is 2.26. The van der Waals surface area contributed by atoms with Crippen LogP contribution in [0.4, 0.5) is 0 Å². The van der Waals surface area contributed by atoms with Gasteiger partial charge in [-0.1, -0.05) is 41.9 Å². The molecule has 16 heavy (non-hydrogen) atoms. The topological polar surface area (TPSA) is 32.3 Å². The van der Waals surface area contributed by atoms with E-state index in [1.54, 1.807) is 0 Å². The van der Waals surface area contributed by atoms with Crippen LogP contribution in [0.15, 0.2) is 28.7 Å². The Labute approximate surface area is 106 Å². The van der Waals surface area contributed by atoms with Gasteiger partial charge in [-0.05, 0) is 30.7 Å². The molecule has 0 amide bonds. The van der Waals surface area contributed by atoms with E-state index in [9.17, 15) is 5.11 Å². The zero-order valence-electron chi connectivity index (χ0n) is 10.1. The highest BCUT2D eigenvalue weighted by molar-refractivity contribution is 9.10. The number of benzene rings is 1. The molecule has 2 unspecified atom stereocenters. The minimum Gasteiger partial charge on any atom is -0.396 e. The lowest BCUT2D eigenvalue weighted by Gasteiger charge is -2.28. The van der Waals surface area contributed by atoms with E-state index in [2.05, 4.69) is 47.2 Å². The van der Waals surface area contributed by atoms with Crippen molar-refractivity contribution in [3.63, 3.8) is 0 Å². The first-order chi connectivity index (χ1) is 7.60. The van der Waals surface area contributed by atoms with Gasteiger partial charge in [0.1, 0.15) is 0 Å². The van der Waals surface area contributed by atoms with Gasteiger partial charge in [0.15, 0.2) is 0 Å². The maximum atomic E-state index is 9.46. The first-order valence-electron chi connectivity index (χ1n) is 5.63. The lowest BCUT2D eigenvalue weighted by atomic mass is 9.85. The Balaban J connectivity index is 2.92. The van der Waals surface area contributed by atoms with Gasteiger partial charge in [0.05, 0.1) is 0 Å². The predicted molar refractivity (Wildman–Crippen MR) is 71.4 cm³/mol. The van der Waals surface area contributed by atoms with Crippen LogP contribution in [-0.2, 0) is 0 Å². The third-order valence-corrected chi connectivity index (χ3v) is 3.56. The summed E-state index contributed by atoms with van der Waals surface area (Å²) < 4.78 is 1.08. The normalized spacial score (nSPS) is 15.1. The fourth-order valence-electron chi connectivity index (χ4n) is 2.00. The molecule has 2 atom stereocenters. The van der Waals surface area contributed by atoms with Crippen LogP contribution in [0.3, 0.4) is 0 Å². The van der Waals surface area contributed by atoms with Crippen LogP contribution in [0.25, 0.3) is 0 Å². The lowest BCUT2D eigenvalue weighted by Crippen LogP contribution is -2.31. The zero-order chi connectivity index (χ0) is 12.1. The van der Waals surface area contributed by atoms with E-state index in [0.29, 0.717) is 5.92 Å². The number of rotatable bonds is 5. The summed E-state index contributed by atoms with van der Waals surface area (Å²) in [6.45, 7) is 4.49. The molecule has 0 fully saturated rings. The summed E-state index contributed by atoms with van der Waals surface area (Å²) in [6.07, 6.45) is 0. The molecule has 0 spiro atoms. The van der Waals surface area contributed by atoms with Gasteiger partial charge in [-0.2, -0.15) is 0 Å². The van der Waals surface area contributed by atoms with Crippen molar-refractivity contribution in [3.05, 3.63) is 34.3 Å². The van der Waals surface area contributed by atoms with Crippen molar-refractivity contribution in [3.8, 4) is 0 Å². The summed E-state index contributed by atoms with van der Waals surface area (Å²) in [7, 11) is 1.94. The molecular formula is C13H20BrNO. The lowest BCUT2D eigenvalue weighted by molar-refractivity contribution is 0.154. The molecular weight excluding hydrogens is 266 g/mol. The number of hydrogen-bond donors (Lipinski definition) is 2. The summed E-state index contributed by atoms with van der Waals surface area (Å²) >= 11 is 3.43. The van der Waals surface area contributed by atoms with Crippen LogP contribution in [-0.4, -0.2) is 18.8 Å². The van der Waals surface area contributed by atoms with Gasteiger partial charge in [0.25, 0.3) is 0 Å². The molecule has 0 aliphatic carbocycles. The van der Waals surface area contributed by atoms with E-state index < -0.39 is 0 Å². The maximum Gasteiger partial charge on any atom is 0.0479 e. The van der Waals surface area contributed by atoms with Gasteiger partial charge in [0, 0.05) is 23.0 Å². The quantitative estimate of drug-likeness (QED) is 0.872. The average molecular weight is 286 g/mol. The van der Waals surface area contributed by atoms with Crippen LogP contribution in [0.2, 0.25) is 0 Å². The number of aliphatic hydroxyl groups excluding tert-OH is 1. The molecule has 1 aromatic rings. The van der Waals surface area contributed by atoms with Gasteiger partial charge in [0.2, 0.25) is 0 Å². The van der Waals surface area contributed by atoms with Crippen molar-refractivity contribution in [2.75, 3.05) is 13.7 Å². The Hall–Kier alpha value is -0.380. The van der Waals surface area contributed by atoms with Crippen molar-refractivity contribution >= 4 is 15.9 Å². The predicted octanol–water partition coefficient (Wildman–Crippen LogP) is 2.97. The molecule has 0 saturated heterocycles. The van der Waals surface area contributed by atoms with E-state index in [4.69, 9.17) is 0 Å². The molecule has 0 heterocycles. The van der Waals surface area contributed by atoms with E-state index in [0.717, 1.165) is 4.47 Å². The highest BCUT2D eigenvalue weighted by Crippen LogP contribution is 2.28. The van der Waals surface area contributed by atoms with E-state index in [1.165, 1.54) is 5.56 Å². The molecule has 0 aliphatic rings. The van der Waals surface area contributed by atoms with Crippen molar-refractivity contribution in [2.24, 2.45) is 11.8 Å². The van der Waals surface area contributed by atoms with E-state index >= 15 is 0 Å². The third kappa shape index (κ3) is 3.30. The van der Waals surface area contributed by atoms with Gasteiger partial charge in [-0.3, -0.25) is 0 Å². The van der Waals surface area contributed by atoms with E-state index in [1.807, 2.05) is 19.2 Å². The molecule has 0 aliphatic heterocycles. The van der Waals surface area contributed by atoms with Crippen LogP contribution >= 0.6 is 15.9 Å². The second-order valence-electron chi connectivity index (χ2n) is 4.41. The molecule has 0 saturated carbocycles. The minimum atomic E-state index is 0.207. The Bertz CT molecular complexity index is 310. The number of halogens is 1. The van der Waals surface area contributed by atoms with E-state index in [-0.39, 0.29) is 18.6 Å². The van der Waals surface area contributed by atoms with Crippen molar-refractivity contribution in [1.29, 1.82) is 0 Å². The monoisotopic (exact) mass is 285 g/mol. The Kier molecular flexibility index (Phi) is 5.46. The fraction of sp³-hybridized carbons (Fsp3) is 0.538. The van der Waals surface area contributed by atoms with Crippen LogP contribution in [0.1, 0.15) is 25.5 Å². The SMILES string of the molecule is CNC(c1ccc(Br)cc1)C(CO)C(C)C. The Morgan fingerprint density at radius 2 is 1.81 bits per heavy atom. The molecule has 3 heteroatoms. The van der Waals surface area contributed by atoms with Gasteiger partial charge in [-0.25, -0.2) is 0 Å². The molecule has 90 valence electrons. The van der Waals surface area contributed by atoms with Gasteiger partial charge >= 0.3 is 0 Å². The van der Waals surface area contributed by atoms with Crippen LogP contribution in [0, 0.1) is 11.8 Å².